The van der Waals surface area contributed by atoms with E-state index in [1.165, 1.54) is 6.07 Å². The van der Waals surface area contributed by atoms with Crippen LogP contribution in [0.4, 0.5) is 0 Å². The number of carbonyl (C=O) groups is 1. The third kappa shape index (κ3) is 4.48. The van der Waals surface area contributed by atoms with Crippen molar-refractivity contribution in [1.29, 1.82) is 0 Å². The van der Waals surface area contributed by atoms with E-state index in [9.17, 15) is 18.3 Å². The quantitative estimate of drug-likeness (QED) is 0.611. The molecule has 27 heavy (non-hydrogen) atoms. The maximum atomic E-state index is 12.1. The van der Waals surface area contributed by atoms with Crippen LogP contribution in [0.25, 0.3) is 11.1 Å². The van der Waals surface area contributed by atoms with Gasteiger partial charge in [-0.15, -0.1) is 0 Å². The van der Waals surface area contributed by atoms with E-state index in [0.717, 1.165) is 11.6 Å². The minimum absolute atomic E-state index is 0.129. The van der Waals surface area contributed by atoms with Gasteiger partial charge in [0.15, 0.2) is 0 Å². The molecule has 0 saturated heterocycles. The second kappa shape index (κ2) is 7.82. The lowest BCUT2D eigenvalue weighted by atomic mass is 10.0. The highest BCUT2D eigenvalue weighted by Crippen LogP contribution is 2.39. The lowest BCUT2D eigenvalue weighted by Gasteiger charge is -2.16. The zero-order valence-electron chi connectivity index (χ0n) is 14.0. The number of carboxylic acids is 1. The molecule has 0 aromatic heterocycles. The SMILES string of the molecule is O=C(O)c1cc(OCc2ccccc2)c(-c2ccccc2)c(S(=O)(=O)Cl)c1. The van der Waals surface area contributed by atoms with Crippen LogP contribution >= 0.6 is 10.7 Å². The number of hydrogen-bond donors (Lipinski definition) is 1. The van der Waals surface area contributed by atoms with Crippen molar-refractivity contribution in [1.82, 2.24) is 0 Å². The van der Waals surface area contributed by atoms with Gasteiger partial charge in [-0.2, -0.15) is 0 Å². The summed E-state index contributed by atoms with van der Waals surface area (Å²) in [6.45, 7) is 0.144. The van der Waals surface area contributed by atoms with E-state index in [4.69, 9.17) is 15.4 Å². The van der Waals surface area contributed by atoms with Crippen molar-refractivity contribution in [3.05, 3.63) is 83.9 Å². The molecule has 0 fully saturated rings. The van der Waals surface area contributed by atoms with Gasteiger partial charge in [-0.3, -0.25) is 0 Å². The molecule has 3 aromatic rings. The average Bonchev–Trinajstić information content (AvgIpc) is 2.66. The maximum absolute atomic E-state index is 12.1. The highest BCUT2D eigenvalue weighted by atomic mass is 35.7. The topological polar surface area (TPSA) is 80.7 Å². The number of ether oxygens (including phenoxy) is 1. The van der Waals surface area contributed by atoms with Crippen LogP contribution in [0.5, 0.6) is 5.75 Å². The van der Waals surface area contributed by atoms with Crippen molar-refractivity contribution in [3.63, 3.8) is 0 Å². The molecule has 0 atom stereocenters. The van der Waals surface area contributed by atoms with Gasteiger partial charge >= 0.3 is 5.97 Å². The smallest absolute Gasteiger partial charge is 0.335 e. The number of halogens is 1. The van der Waals surface area contributed by atoms with Gasteiger partial charge in [0.05, 0.1) is 10.5 Å². The van der Waals surface area contributed by atoms with Gasteiger partial charge in [0.2, 0.25) is 0 Å². The van der Waals surface area contributed by atoms with Crippen LogP contribution in [0.1, 0.15) is 15.9 Å². The summed E-state index contributed by atoms with van der Waals surface area (Å²) in [6, 6.07) is 20.3. The fourth-order valence-corrected chi connectivity index (χ4v) is 3.74. The number of rotatable bonds is 6. The zero-order chi connectivity index (χ0) is 19.4. The summed E-state index contributed by atoms with van der Waals surface area (Å²) in [7, 11) is 1.39. The molecule has 0 saturated carbocycles. The first-order valence-electron chi connectivity index (χ1n) is 7.94. The second-order valence-electron chi connectivity index (χ2n) is 5.73. The Hall–Kier alpha value is -2.83. The number of aromatic carboxylic acids is 1. The minimum atomic E-state index is -4.21. The molecule has 138 valence electrons. The standard InChI is InChI=1S/C20H15ClO5S/c21-27(24,25)18-12-16(20(22)23)11-17(19(18)15-9-5-2-6-10-15)26-13-14-7-3-1-4-8-14/h1-12H,13H2,(H,22,23). The molecule has 0 radical (unpaired) electrons. The predicted molar refractivity (Wildman–Crippen MR) is 103 cm³/mol. The van der Waals surface area contributed by atoms with Crippen LogP contribution in [0.3, 0.4) is 0 Å². The molecule has 0 unspecified atom stereocenters. The number of carboxylic acid groups (broad SMARTS) is 1. The molecule has 3 rings (SSSR count). The molecular formula is C20H15ClO5S. The van der Waals surface area contributed by atoms with Gasteiger partial charge in [0.1, 0.15) is 12.4 Å². The lowest BCUT2D eigenvalue weighted by molar-refractivity contribution is 0.0696. The van der Waals surface area contributed by atoms with Crippen molar-refractivity contribution in [2.24, 2.45) is 0 Å². The van der Waals surface area contributed by atoms with Crippen molar-refractivity contribution in [3.8, 4) is 16.9 Å². The van der Waals surface area contributed by atoms with Crippen LogP contribution in [-0.4, -0.2) is 19.5 Å². The van der Waals surface area contributed by atoms with Crippen LogP contribution < -0.4 is 4.74 Å². The molecule has 0 amide bonds. The maximum Gasteiger partial charge on any atom is 0.335 e. The van der Waals surface area contributed by atoms with Crippen LogP contribution in [0, 0.1) is 0 Å². The highest BCUT2D eigenvalue weighted by molar-refractivity contribution is 8.13. The first kappa shape index (κ1) is 18.9. The average molecular weight is 403 g/mol. The molecule has 3 aromatic carbocycles. The van der Waals surface area contributed by atoms with Crippen LogP contribution in [-0.2, 0) is 15.7 Å². The number of hydrogen-bond acceptors (Lipinski definition) is 4. The Morgan fingerprint density at radius 2 is 1.56 bits per heavy atom. The Labute approximate surface area is 161 Å². The zero-order valence-corrected chi connectivity index (χ0v) is 15.6. The van der Waals surface area contributed by atoms with Crippen molar-refractivity contribution >= 4 is 25.7 Å². The predicted octanol–water partition coefficient (Wildman–Crippen LogP) is 4.56. The molecule has 0 aliphatic heterocycles. The van der Waals surface area contributed by atoms with E-state index >= 15 is 0 Å². The number of benzene rings is 3. The molecule has 1 N–H and O–H groups in total. The van der Waals surface area contributed by atoms with Crippen LogP contribution in [0.15, 0.2) is 77.7 Å². The Morgan fingerprint density at radius 3 is 2.11 bits per heavy atom. The fourth-order valence-electron chi connectivity index (χ4n) is 2.64. The second-order valence-corrected chi connectivity index (χ2v) is 8.27. The summed E-state index contributed by atoms with van der Waals surface area (Å²) in [6.07, 6.45) is 0. The van der Waals surface area contributed by atoms with Gasteiger partial charge in [-0.05, 0) is 23.3 Å². The summed E-state index contributed by atoms with van der Waals surface area (Å²) in [4.78, 5) is 11.2. The molecule has 5 nitrogen and oxygen atoms in total. The van der Waals surface area contributed by atoms with Gasteiger partial charge < -0.3 is 9.84 Å². The molecular weight excluding hydrogens is 388 g/mol. The van der Waals surface area contributed by atoms with Gasteiger partial charge in [0, 0.05) is 16.2 Å². The van der Waals surface area contributed by atoms with Gasteiger partial charge in [-0.25, -0.2) is 13.2 Å². The summed E-state index contributed by atoms with van der Waals surface area (Å²) in [5.74, 6) is -1.15. The third-order valence-electron chi connectivity index (χ3n) is 3.88. The molecule has 0 aliphatic rings. The van der Waals surface area contributed by atoms with E-state index in [1.807, 2.05) is 30.3 Å². The summed E-state index contributed by atoms with van der Waals surface area (Å²) < 4.78 is 30.1. The lowest BCUT2D eigenvalue weighted by Crippen LogP contribution is -2.06. The Morgan fingerprint density at radius 1 is 0.963 bits per heavy atom. The van der Waals surface area contributed by atoms with Crippen molar-refractivity contribution < 1.29 is 23.1 Å². The summed E-state index contributed by atoms with van der Waals surface area (Å²) >= 11 is 0. The highest BCUT2D eigenvalue weighted by Gasteiger charge is 2.24. The van der Waals surface area contributed by atoms with E-state index in [-0.39, 0.29) is 28.4 Å². The molecule has 7 heteroatoms. The third-order valence-corrected chi connectivity index (χ3v) is 5.22. The molecule has 0 aliphatic carbocycles. The van der Waals surface area contributed by atoms with E-state index in [1.54, 1.807) is 30.3 Å². The first-order valence-corrected chi connectivity index (χ1v) is 10.3. The summed E-state index contributed by atoms with van der Waals surface area (Å²) in [5.41, 5.74) is 1.41. The first-order chi connectivity index (χ1) is 12.9. The normalized spacial score (nSPS) is 11.1. The van der Waals surface area contributed by atoms with Gasteiger partial charge in [-0.1, -0.05) is 60.7 Å². The van der Waals surface area contributed by atoms with Crippen molar-refractivity contribution in [2.75, 3.05) is 0 Å². The largest absolute Gasteiger partial charge is 0.488 e. The molecule has 0 bridgehead atoms. The van der Waals surface area contributed by atoms with Crippen molar-refractivity contribution in [2.45, 2.75) is 11.5 Å². The Balaban J connectivity index is 2.19. The van der Waals surface area contributed by atoms with Crippen LogP contribution in [0.2, 0.25) is 0 Å². The Kier molecular flexibility index (Phi) is 5.48. The summed E-state index contributed by atoms with van der Waals surface area (Å²) in [5, 5.41) is 9.35. The van der Waals surface area contributed by atoms with E-state index in [0.29, 0.717) is 5.56 Å². The fraction of sp³-hybridized carbons (Fsp3) is 0.0500. The Bertz CT molecular complexity index is 1060. The molecule has 0 heterocycles. The van der Waals surface area contributed by atoms with Gasteiger partial charge in [0.25, 0.3) is 9.05 Å². The molecule has 0 spiro atoms. The van der Waals surface area contributed by atoms with E-state index in [2.05, 4.69) is 0 Å². The monoisotopic (exact) mass is 402 g/mol. The minimum Gasteiger partial charge on any atom is -0.488 e. The van der Waals surface area contributed by atoms with E-state index < -0.39 is 15.0 Å².